The molecule has 2 fully saturated rings. The van der Waals surface area contributed by atoms with Crippen molar-refractivity contribution in [3.63, 3.8) is 0 Å². The van der Waals surface area contributed by atoms with Crippen molar-refractivity contribution in [2.75, 3.05) is 37.6 Å². The SMILES string of the molecule is O=S(=O)(c1ccccc1)C1(CCCN2CCN(c3ncc4ccccc4n3)CC2)CCC1. The Kier molecular flexibility index (Phi) is 5.86. The Labute approximate surface area is 190 Å². The number of rotatable bonds is 7. The first-order valence-corrected chi connectivity index (χ1v) is 13.0. The summed E-state index contributed by atoms with van der Waals surface area (Å²) < 4.78 is 26.0. The highest BCUT2D eigenvalue weighted by molar-refractivity contribution is 7.93. The van der Waals surface area contributed by atoms with Gasteiger partial charge in [0.05, 0.1) is 15.2 Å². The molecular formula is C25H30N4O2S. The van der Waals surface area contributed by atoms with E-state index in [1.807, 2.05) is 48.7 Å². The van der Waals surface area contributed by atoms with Crippen LogP contribution in [0.2, 0.25) is 0 Å². The van der Waals surface area contributed by atoms with Gasteiger partial charge in [-0.15, -0.1) is 0 Å². The van der Waals surface area contributed by atoms with Crippen LogP contribution in [0.5, 0.6) is 0 Å². The van der Waals surface area contributed by atoms with Gasteiger partial charge < -0.3 is 4.90 Å². The Balaban J connectivity index is 1.15. The number of hydrogen-bond donors (Lipinski definition) is 0. The van der Waals surface area contributed by atoms with Crippen LogP contribution in [0.3, 0.4) is 0 Å². The van der Waals surface area contributed by atoms with Crippen LogP contribution in [-0.2, 0) is 9.84 Å². The Morgan fingerprint density at radius 3 is 2.34 bits per heavy atom. The quantitative estimate of drug-likeness (QED) is 0.543. The number of nitrogens with zero attached hydrogens (tertiary/aromatic N) is 4. The molecule has 3 aromatic rings. The van der Waals surface area contributed by atoms with E-state index in [4.69, 9.17) is 4.98 Å². The fourth-order valence-electron chi connectivity index (χ4n) is 4.98. The zero-order valence-corrected chi connectivity index (χ0v) is 19.2. The summed E-state index contributed by atoms with van der Waals surface area (Å²) in [5.41, 5.74) is 0.977. The number of para-hydroxylation sites is 1. The van der Waals surface area contributed by atoms with Crippen molar-refractivity contribution in [3.05, 3.63) is 60.8 Å². The van der Waals surface area contributed by atoms with E-state index in [2.05, 4.69) is 14.8 Å². The monoisotopic (exact) mass is 450 g/mol. The number of piperazine rings is 1. The van der Waals surface area contributed by atoms with Gasteiger partial charge in [-0.1, -0.05) is 42.8 Å². The van der Waals surface area contributed by atoms with Crippen molar-refractivity contribution in [3.8, 4) is 0 Å². The second-order valence-corrected chi connectivity index (χ2v) is 11.4. The van der Waals surface area contributed by atoms with Crippen LogP contribution in [0.25, 0.3) is 10.9 Å². The summed E-state index contributed by atoms with van der Waals surface area (Å²) in [5, 5.41) is 1.06. The molecular weight excluding hydrogens is 420 g/mol. The van der Waals surface area contributed by atoms with Gasteiger partial charge in [0.15, 0.2) is 9.84 Å². The molecule has 0 unspecified atom stereocenters. The molecule has 32 heavy (non-hydrogen) atoms. The normalized spacial score (nSPS) is 19.1. The van der Waals surface area contributed by atoms with Crippen LogP contribution in [-0.4, -0.2) is 60.8 Å². The zero-order chi connectivity index (χ0) is 22.0. The maximum absolute atomic E-state index is 13.3. The number of benzene rings is 2. The standard InChI is InChI=1S/C25H30N4O2S/c30-32(31,22-9-2-1-3-10-22)25(12-6-13-25)14-7-15-28-16-18-29(19-17-28)24-26-20-21-8-4-5-11-23(21)27-24/h1-5,8-11,20H,6-7,12-19H2. The smallest absolute Gasteiger partial charge is 0.225 e. The fraction of sp³-hybridized carbons (Fsp3) is 0.440. The number of anilines is 1. The minimum Gasteiger partial charge on any atom is -0.338 e. The lowest BCUT2D eigenvalue weighted by Crippen LogP contribution is -2.48. The van der Waals surface area contributed by atoms with Crippen molar-refractivity contribution in [2.45, 2.75) is 41.7 Å². The predicted molar refractivity (Wildman–Crippen MR) is 128 cm³/mol. The maximum atomic E-state index is 13.3. The van der Waals surface area contributed by atoms with Crippen molar-refractivity contribution >= 4 is 26.7 Å². The molecule has 0 spiro atoms. The van der Waals surface area contributed by atoms with Crippen molar-refractivity contribution in [1.82, 2.24) is 14.9 Å². The van der Waals surface area contributed by atoms with Crippen LogP contribution < -0.4 is 4.90 Å². The van der Waals surface area contributed by atoms with E-state index in [-0.39, 0.29) is 0 Å². The molecule has 6 nitrogen and oxygen atoms in total. The molecule has 0 radical (unpaired) electrons. The van der Waals surface area contributed by atoms with Gasteiger partial charge in [0.2, 0.25) is 5.95 Å². The van der Waals surface area contributed by atoms with Gasteiger partial charge in [0.25, 0.3) is 0 Å². The summed E-state index contributed by atoms with van der Waals surface area (Å²) in [5.74, 6) is 0.797. The van der Waals surface area contributed by atoms with Gasteiger partial charge in [0.1, 0.15) is 0 Å². The van der Waals surface area contributed by atoms with E-state index in [0.717, 1.165) is 81.7 Å². The van der Waals surface area contributed by atoms with Crippen LogP contribution >= 0.6 is 0 Å². The molecule has 0 bridgehead atoms. The second kappa shape index (κ2) is 8.79. The molecule has 0 atom stereocenters. The molecule has 168 valence electrons. The summed E-state index contributed by atoms with van der Waals surface area (Å²) in [6.07, 6.45) is 6.15. The Morgan fingerprint density at radius 2 is 1.62 bits per heavy atom. The lowest BCUT2D eigenvalue weighted by Gasteiger charge is -2.42. The van der Waals surface area contributed by atoms with Crippen LogP contribution in [0, 0.1) is 0 Å². The molecule has 0 amide bonds. The third-order valence-corrected chi connectivity index (χ3v) is 9.77. The molecule has 1 saturated heterocycles. The summed E-state index contributed by atoms with van der Waals surface area (Å²) in [6, 6.07) is 17.0. The van der Waals surface area contributed by atoms with E-state index in [0.29, 0.717) is 4.90 Å². The maximum Gasteiger partial charge on any atom is 0.225 e. The first-order chi connectivity index (χ1) is 15.6. The van der Waals surface area contributed by atoms with E-state index < -0.39 is 14.6 Å². The first kappa shape index (κ1) is 21.3. The van der Waals surface area contributed by atoms with Crippen molar-refractivity contribution < 1.29 is 8.42 Å². The molecule has 7 heteroatoms. The van der Waals surface area contributed by atoms with Crippen LogP contribution in [0.1, 0.15) is 32.1 Å². The molecule has 1 aliphatic carbocycles. The highest BCUT2D eigenvalue weighted by Gasteiger charge is 2.48. The highest BCUT2D eigenvalue weighted by atomic mass is 32.2. The second-order valence-electron chi connectivity index (χ2n) is 9.01. The first-order valence-electron chi connectivity index (χ1n) is 11.6. The summed E-state index contributed by atoms with van der Waals surface area (Å²) >= 11 is 0. The van der Waals surface area contributed by atoms with Crippen LogP contribution in [0.4, 0.5) is 5.95 Å². The molecule has 2 heterocycles. The van der Waals surface area contributed by atoms with Crippen LogP contribution in [0.15, 0.2) is 65.7 Å². The van der Waals surface area contributed by atoms with Gasteiger partial charge in [0, 0.05) is 37.8 Å². The fourth-order valence-corrected chi connectivity index (χ4v) is 7.24. The Morgan fingerprint density at radius 1 is 0.906 bits per heavy atom. The molecule has 1 aromatic heterocycles. The number of fused-ring (bicyclic) bond motifs is 1. The topological polar surface area (TPSA) is 66.4 Å². The Bertz CT molecular complexity index is 1170. The van der Waals surface area contributed by atoms with Gasteiger partial charge >= 0.3 is 0 Å². The molecule has 2 aliphatic rings. The number of sulfone groups is 1. The largest absolute Gasteiger partial charge is 0.338 e. The summed E-state index contributed by atoms with van der Waals surface area (Å²) in [4.78, 5) is 14.4. The van der Waals surface area contributed by atoms with E-state index in [9.17, 15) is 8.42 Å². The Hall–Kier alpha value is -2.51. The minimum absolute atomic E-state index is 0.476. The zero-order valence-electron chi connectivity index (χ0n) is 18.4. The third-order valence-electron chi connectivity index (χ3n) is 7.13. The predicted octanol–water partition coefficient (Wildman–Crippen LogP) is 3.93. The number of hydrogen-bond acceptors (Lipinski definition) is 6. The summed E-state index contributed by atoms with van der Waals surface area (Å²) in [7, 11) is -3.27. The molecule has 1 saturated carbocycles. The lowest BCUT2D eigenvalue weighted by atomic mass is 9.81. The van der Waals surface area contributed by atoms with Gasteiger partial charge in [-0.3, -0.25) is 4.90 Å². The molecule has 2 aromatic carbocycles. The van der Waals surface area contributed by atoms with E-state index >= 15 is 0 Å². The molecule has 0 N–H and O–H groups in total. The summed E-state index contributed by atoms with van der Waals surface area (Å²) in [6.45, 7) is 4.64. The van der Waals surface area contributed by atoms with Gasteiger partial charge in [-0.2, -0.15) is 0 Å². The van der Waals surface area contributed by atoms with Gasteiger partial charge in [-0.25, -0.2) is 18.4 Å². The minimum atomic E-state index is -3.27. The van der Waals surface area contributed by atoms with Crippen molar-refractivity contribution in [2.24, 2.45) is 0 Å². The lowest BCUT2D eigenvalue weighted by molar-refractivity contribution is 0.233. The van der Waals surface area contributed by atoms with Gasteiger partial charge in [-0.05, 0) is 50.4 Å². The van der Waals surface area contributed by atoms with E-state index in [1.54, 1.807) is 12.1 Å². The van der Waals surface area contributed by atoms with E-state index in [1.165, 1.54) is 0 Å². The average Bonchev–Trinajstić information content (AvgIpc) is 2.81. The molecule has 1 aliphatic heterocycles. The molecule has 5 rings (SSSR count). The highest BCUT2D eigenvalue weighted by Crippen LogP contribution is 2.46. The average molecular weight is 451 g/mol. The van der Waals surface area contributed by atoms with Crippen molar-refractivity contribution in [1.29, 1.82) is 0 Å². The third kappa shape index (κ3) is 3.99. The number of aromatic nitrogens is 2.